The van der Waals surface area contributed by atoms with Gasteiger partial charge in [-0.2, -0.15) is 0 Å². The fourth-order valence-corrected chi connectivity index (χ4v) is 2.86. The van der Waals surface area contributed by atoms with E-state index in [2.05, 4.69) is 39.4 Å². The van der Waals surface area contributed by atoms with E-state index in [4.69, 9.17) is 9.47 Å². The second-order valence-corrected chi connectivity index (χ2v) is 6.74. The Labute approximate surface area is 161 Å². The lowest BCUT2D eigenvalue weighted by atomic mass is 10.0. The number of nitrogens with one attached hydrogen (secondary N) is 1. The Bertz CT molecular complexity index is 758. The number of amides is 1. The number of hydrogen-bond donors (Lipinski definition) is 1. The SMILES string of the molecule is COc1ccc(C(=O)NCC(c2ccc(N(C)C)cc2)N(C)C)c(OC)c1. The molecule has 0 aliphatic heterocycles. The van der Waals surface area contributed by atoms with Crippen molar-refractivity contribution in [1.82, 2.24) is 10.2 Å². The summed E-state index contributed by atoms with van der Waals surface area (Å²) in [6.07, 6.45) is 0. The second-order valence-electron chi connectivity index (χ2n) is 6.74. The smallest absolute Gasteiger partial charge is 0.255 e. The van der Waals surface area contributed by atoms with Gasteiger partial charge in [-0.1, -0.05) is 12.1 Å². The van der Waals surface area contributed by atoms with Crippen molar-refractivity contribution in [2.24, 2.45) is 0 Å². The number of likely N-dealkylation sites (N-methyl/N-ethyl adjacent to an activating group) is 1. The summed E-state index contributed by atoms with van der Waals surface area (Å²) in [7, 11) is 11.2. The van der Waals surface area contributed by atoms with E-state index in [0.717, 1.165) is 11.3 Å². The number of anilines is 1. The maximum Gasteiger partial charge on any atom is 0.255 e. The summed E-state index contributed by atoms with van der Waals surface area (Å²) in [6, 6.07) is 13.6. The standard InChI is InChI=1S/C21H29N3O3/c1-23(2)16-9-7-15(8-10-16)19(24(3)4)14-22-21(25)18-12-11-17(26-5)13-20(18)27-6/h7-13,19H,14H2,1-6H3,(H,22,25). The summed E-state index contributed by atoms with van der Waals surface area (Å²) in [5.74, 6) is 0.963. The third kappa shape index (κ3) is 5.14. The molecule has 2 aromatic rings. The first-order chi connectivity index (χ1) is 12.9. The number of ether oxygens (including phenoxy) is 2. The Morgan fingerprint density at radius 3 is 2.19 bits per heavy atom. The topological polar surface area (TPSA) is 54.0 Å². The third-order valence-electron chi connectivity index (χ3n) is 4.53. The molecule has 1 unspecified atom stereocenters. The lowest BCUT2D eigenvalue weighted by Crippen LogP contribution is -2.34. The predicted molar refractivity (Wildman–Crippen MR) is 109 cm³/mol. The third-order valence-corrected chi connectivity index (χ3v) is 4.53. The van der Waals surface area contributed by atoms with E-state index in [0.29, 0.717) is 23.6 Å². The van der Waals surface area contributed by atoms with Crippen molar-refractivity contribution in [1.29, 1.82) is 0 Å². The van der Waals surface area contributed by atoms with Crippen LogP contribution in [0.1, 0.15) is 22.0 Å². The average molecular weight is 371 g/mol. The molecule has 2 rings (SSSR count). The van der Waals surface area contributed by atoms with Crippen molar-refractivity contribution in [2.75, 3.05) is 53.9 Å². The number of carbonyl (C=O) groups is 1. The molecule has 0 aromatic heterocycles. The zero-order chi connectivity index (χ0) is 20.0. The summed E-state index contributed by atoms with van der Waals surface area (Å²) in [6.45, 7) is 0.488. The fourth-order valence-electron chi connectivity index (χ4n) is 2.86. The highest BCUT2D eigenvalue weighted by molar-refractivity contribution is 5.97. The maximum atomic E-state index is 12.7. The summed E-state index contributed by atoms with van der Waals surface area (Å²) in [4.78, 5) is 16.8. The van der Waals surface area contributed by atoms with E-state index in [1.165, 1.54) is 0 Å². The van der Waals surface area contributed by atoms with Crippen LogP contribution in [0.25, 0.3) is 0 Å². The molecular weight excluding hydrogens is 342 g/mol. The Balaban J connectivity index is 2.13. The highest BCUT2D eigenvalue weighted by Crippen LogP contribution is 2.25. The Kier molecular flexibility index (Phi) is 7.07. The van der Waals surface area contributed by atoms with E-state index < -0.39 is 0 Å². The summed E-state index contributed by atoms with van der Waals surface area (Å²) >= 11 is 0. The van der Waals surface area contributed by atoms with Gasteiger partial charge in [0.05, 0.1) is 25.8 Å². The predicted octanol–water partition coefficient (Wildman–Crippen LogP) is 2.80. The van der Waals surface area contributed by atoms with Crippen LogP contribution in [-0.4, -0.2) is 59.8 Å². The van der Waals surface area contributed by atoms with E-state index in [-0.39, 0.29) is 11.9 Å². The van der Waals surface area contributed by atoms with Crippen LogP contribution in [0, 0.1) is 0 Å². The molecule has 1 N–H and O–H groups in total. The number of benzene rings is 2. The molecule has 0 heterocycles. The number of carbonyl (C=O) groups excluding carboxylic acids is 1. The van der Waals surface area contributed by atoms with Crippen LogP contribution in [-0.2, 0) is 0 Å². The van der Waals surface area contributed by atoms with Crippen molar-refractivity contribution >= 4 is 11.6 Å². The molecule has 2 aromatic carbocycles. The second kappa shape index (κ2) is 9.28. The minimum atomic E-state index is -0.175. The molecule has 0 saturated carbocycles. The molecule has 6 nitrogen and oxygen atoms in total. The molecule has 0 bridgehead atoms. The number of nitrogens with zero attached hydrogens (tertiary/aromatic N) is 2. The Morgan fingerprint density at radius 2 is 1.67 bits per heavy atom. The molecule has 0 aliphatic rings. The van der Waals surface area contributed by atoms with Crippen LogP contribution >= 0.6 is 0 Å². The first-order valence-corrected chi connectivity index (χ1v) is 8.81. The minimum absolute atomic E-state index is 0.0643. The highest BCUT2D eigenvalue weighted by atomic mass is 16.5. The average Bonchev–Trinajstić information content (AvgIpc) is 2.67. The van der Waals surface area contributed by atoms with E-state index in [1.807, 2.05) is 28.2 Å². The van der Waals surface area contributed by atoms with Gasteiger partial charge in [0.1, 0.15) is 11.5 Å². The highest BCUT2D eigenvalue weighted by Gasteiger charge is 2.18. The van der Waals surface area contributed by atoms with Gasteiger partial charge < -0.3 is 24.6 Å². The molecule has 146 valence electrons. The van der Waals surface area contributed by atoms with Crippen LogP contribution in [0.5, 0.6) is 11.5 Å². The van der Waals surface area contributed by atoms with Gasteiger partial charge in [-0.25, -0.2) is 0 Å². The van der Waals surface area contributed by atoms with Gasteiger partial charge in [0.15, 0.2) is 0 Å². The molecule has 1 atom stereocenters. The number of hydrogen-bond acceptors (Lipinski definition) is 5. The van der Waals surface area contributed by atoms with Crippen LogP contribution in [0.15, 0.2) is 42.5 Å². The molecule has 0 saturated heterocycles. The van der Waals surface area contributed by atoms with Crippen molar-refractivity contribution in [2.45, 2.75) is 6.04 Å². The molecule has 27 heavy (non-hydrogen) atoms. The van der Waals surface area contributed by atoms with Crippen molar-refractivity contribution in [3.05, 3.63) is 53.6 Å². The molecule has 0 aliphatic carbocycles. The van der Waals surface area contributed by atoms with E-state index in [1.54, 1.807) is 32.4 Å². The largest absolute Gasteiger partial charge is 0.497 e. The number of methoxy groups -OCH3 is 2. The van der Waals surface area contributed by atoms with Crippen LogP contribution in [0.2, 0.25) is 0 Å². The van der Waals surface area contributed by atoms with E-state index in [9.17, 15) is 4.79 Å². The van der Waals surface area contributed by atoms with Crippen LogP contribution < -0.4 is 19.7 Å². The molecule has 0 spiro atoms. The van der Waals surface area contributed by atoms with Crippen LogP contribution in [0.3, 0.4) is 0 Å². The van der Waals surface area contributed by atoms with Crippen LogP contribution in [0.4, 0.5) is 5.69 Å². The molecule has 6 heteroatoms. The van der Waals surface area contributed by atoms with Gasteiger partial charge in [-0.15, -0.1) is 0 Å². The summed E-state index contributed by atoms with van der Waals surface area (Å²) in [5, 5.41) is 3.02. The summed E-state index contributed by atoms with van der Waals surface area (Å²) in [5.41, 5.74) is 2.77. The normalized spacial score (nSPS) is 11.8. The zero-order valence-corrected chi connectivity index (χ0v) is 16.9. The van der Waals surface area contributed by atoms with E-state index >= 15 is 0 Å². The van der Waals surface area contributed by atoms with Gasteiger partial charge in [-0.05, 0) is 43.9 Å². The Morgan fingerprint density at radius 1 is 1.00 bits per heavy atom. The van der Waals surface area contributed by atoms with Gasteiger partial charge >= 0.3 is 0 Å². The van der Waals surface area contributed by atoms with Crippen molar-refractivity contribution < 1.29 is 14.3 Å². The maximum absolute atomic E-state index is 12.7. The van der Waals surface area contributed by atoms with Gasteiger partial charge in [0.2, 0.25) is 0 Å². The molecular formula is C21H29N3O3. The van der Waals surface area contributed by atoms with Crippen molar-refractivity contribution in [3.63, 3.8) is 0 Å². The van der Waals surface area contributed by atoms with Gasteiger partial charge in [0.25, 0.3) is 5.91 Å². The number of rotatable bonds is 8. The lowest BCUT2D eigenvalue weighted by molar-refractivity contribution is 0.0939. The molecule has 1 amide bonds. The summed E-state index contributed by atoms with van der Waals surface area (Å²) < 4.78 is 10.5. The quantitative estimate of drug-likeness (QED) is 0.773. The molecule has 0 fully saturated rings. The lowest BCUT2D eigenvalue weighted by Gasteiger charge is -2.26. The fraction of sp³-hybridized carbons (Fsp3) is 0.381. The Hall–Kier alpha value is -2.73. The first-order valence-electron chi connectivity index (χ1n) is 8.81. The van der Waals surface area contributed by atoms with Crippen molar-refractivity contribution in [3.8, 4) is 11.5 Å². The molecule has 0 radical (unpaired) electrons. The minimum Gasteiger partial charge on any atom is -0.497 e. The first kappa shape index (κ1) is 20.6. The van der Waals surface area contributed by atoms with Gasteiger partial charge in [-0.3, -0.25) is 4.79 Å². The monoisotopic (exact) mass is 371 g/mol. The van der Waals surface area contributed by atoms with Gasteiger partial charge in [0, 0.05) is 32.4 Å². The zero-order valence-electron chi connectivity index (χ0n) is 16.9.